The monoisotopic (exact) mass is 426 g/mol. The Morgan fingerprint density at radius 2 is 1.47 bits per heavy atom. The predicted molar refractivity (Wildman–Crippen MR) is 122 cm³/mol. The van der Waals surface area contributed by atoms with E-state index < -0.39 is 5.91 Å². The van der Waals surface area contributed by atoms with Crippen molar-refractivity contribution in [2.24, 2.45) is 5.10 Å². The maximum atomic E-state index is 11.9. The number of nitrogens with one attached hydrogen (secondary N) is 1. The van der Waals surface area contributed by atoms with Gasteiger partial charge in [-0.05, 0) is 47.0 Å². The molecule has 0 atom stereocenters. The molecule has 3 aromatic carbocycles. The van der Waals surface area contributed by atoms with Crippen LogP contribution in [-0.2, 0) is 13.2 Å². The molecule has 6 heteroatoms. The molecule has 0 radical (unpaired) electrons. The van der Waals surface area contributed by atoms with E-state index in [1.807, 2.05) is 78.9 Å². The van der Waals surface area contributed by atoms with Crippen LogP contribution in [0.5, 0.6) is 11.5 Å². The van der Waals surface area contributed by atoms with Gasteiger partial charge in [-0.15, -0.1) is 0 Å². The van der Waals surface area contributed by atoms with Crippen LogP contribution >= 0.6 is 0 Å². The Bertz CT molecular complexity index is 1160. The molecule has 4 rings (SSSR count). The third kappa shape index (κ3) is 5.86. The summed E-state index contributed by atoms with van der Waals surface area (Å²) in [5, 5.41) is 4.00. The molecule has 0 saturated heterocycles. The van der Waals surface area contributed by atoms with Crippen molar-refractivity contribution in [1.82, 2.24) is 5.43 Å². The number of nitrogens with zero attached hydrogens (tertiary/aromatic N) is 1. The average Bonchev–Trinajstić information content (AvgIpc) is 3.39. The summed E-state index contributed by atoms with van der Waals surface area (Å²) in [6.07, 6.45) is 2.97. The van der Waals surface area contributed by atoms with E-state index >= 15 is 0 Å². The number of ether oxygens (including phenoxy) is 2. The zero-order valence-electron chi connectivity index (χ0n) is 17.3. The first-order chi connectivity index (χ1) is 15.8. The summed E-state index contributed by atoms with van der Waals surface area (Å²) >= 11 is 0. The normalized spacial score (nSPS) is 10.8. The molecule has 0 unspecified atom stereocenters. The molecular formula is C26H22N2O4. The van der Waals surface area contributed by atoms with Gasteiger partial charge in [-0.1, -0.05) is 60.7 Å². The number of furan rings is 1. The highest BCUT2D eigenvalue weighted by atomic mass is 16.5. The van der Waals surface area contributed by atoms with Crippen molar-refractivity contribution in [3.05, 3.63) is 120 Å². The fourth-order valence-corrected chi connectivity index (χ4v) is 2.94. The maximum absolute atomic E-state index is 11.9. The molecule has 0 saturated carbocycles. The van der Waals surface area contributed by atoms with Gasteiger partial charge in [0.05, 0.1) is 12.5 Å². The molecule has 1 aromatic heterocycles. The lowest BCUT2D eigenvalue weighted by Crippen LogP contribution is -2.16. The molecule has 1 amide bonds. The number of rotatable bonds is 9. The van der Waals surface area contributed by atoms with Gasteiger partial charge >= 0.3 is 5.91 Å². The number of carbonyl (C=O) groups excluding carboxylic acids is 1. The van der Waals surface area contributed by atoms with Crippen LogP contribution in [0.25, 0.3) is 0 Å². The van der Waals surface area contributed by atoms with E-state index in [4.69, 9.17) is 13.9 Å². The van der Waals surface area contributed by atoms with E-state index in [0.29, 0.717) is 24.7 Å². The standard InChI is InChI=1S/C26H22N2O4/c29-26(24-12-7-15-30-24)28-27-17-22-13-14-23(31-18-20-8-3-1-4-9-20)25(16-22)32-19-21-10-5-2-6-11-21/h1-17H,18-19H2,(H,28,29)/b27-17-. The van der Waals surface area contributed by atoms with Crippen LogP contribution in [0.3, 0.4) is 0 Å². The lowest BCUT2D eigenvalue weighted by Gasteiger charge is -2.14. The Morgan fingerprint density at radius 3 is 2.09 bits per heavy atom. The Labute approximate surface area is 186 Å². The third-order valence-corrected chi connectivity index (χ3v) is 4.57. The van der Waals surface area contributed by atoms with Gasteiger partial charge in [-0.3, -0.25) is 4.79 Å². The maximum Gasteiger partial charge on any atom is 0.307 e. The number of carbonyl (C=O) groups is 1. The summed E-state index contributed by atoms with van der Waals surface area (Å²) in [7, 11) is 0. The van der Waals surface area contributed by atoms with Gasteiger partial charge in [0.1, 0.15) is 13.2 Å². The molecule has 0 bridgehead atoms. The van der Waals surface area contributed by atoms with Crippen LogP contribution in [0.4, 0.5) is 0 Å². The topological polar surface area (TPSA) is 73.1 Å². The number of benzene rings is 3. The summed E-state index contributed by atoms with van der Waals surface area (Å²) in [6.45, 7) is 0.827. The largest absolute Gasteiger partial charge is 0.485 e. The van der Waals surface area contributed by atoms with Crippen molar-refractivity contribution in [1.29, 1.82) is 0 Å². The van der Waals surface area contributed by atoms with Gasteiger partial charge in [0, 0.05) is 0 Å². The molecule has 0 aliphatic rings. The number of amides is 1. The van der Waals surface area contributed by atoms with E-state index in [0.717, 1.165) is 16.7 Å². The smallest absolute Gasteiger partial charge is 0.307 e. The molecule has 4 aromatic rings. The first kappa shape index (κ1) is 20.9. The van der Waals surface area contributed by atoms with Crippen molar-refractivity contribution in [2.45, 2.75) is 13.2 Å². The van der Waals surface area contributed by atoms with Gasteiger partial charge in [0.15, 0.2) is 17.3 Å². The van der Waals surface area contributed by atoms with Crippen molar-refractivity contribution >= 4 is 12.1 Å². The van der Waals surface area contributed by atoms with E-state index in [-0.39, 0.29) is 5.76 Å². The molecule has 0 spiro atoms. The molecule has 1 heterocycles. The van der Waals surface area contributed by atoms with Crippen LogP contribution in [0.15, 0.2) is 107 Å². The summed E-state index contributed by atoms with van der Waals surface area (Å²) < 4.78 is 17.1. The molecule has 0 fully saturated rings. The fourth-order valence-electron chi connectivity index (χ4n) is 2.94. The van der Waals surface area contributed by atoms with Crippen molar-refractivity contribution in [3.8, 4) is 11.5 Å². The minimum absolute atomic E-state index is 0.193. The summed E-state index contributed by atoms with van der Waals surface area (Å²) in [5.41, 5.74) is 5.30. The third-order valence-electron chi connectivity index (χ3n) is 4.57. The van der Waals surface area contributed by atoms with Gasteiger partial charge in [0.25, 0.3) is 0 Å². The van der Waals surface area contributed by atoms with Gasteiger partial charge < -0.3 is 13.9 Å². The van der Waals surface area contributed by atoms with E-state index in [1.54, 1.807) is 12.1 Å². The van der Waals surface area contributed by atoms with Crippen LogP contribution < -0.4 is 14.9 Å². The average molecular weight is 426 g/mol. The van der Waals surface area contributed by atoms with Crippen molar-refractivity contribution in [2.75, 3.05) is 0 Å². The lowest BCUT2D eigenvalue weighted by molar-refractivity contribution is 0.0927. The highest BCUT2D eigenvalue weighted by Crippen LogP contribution is 2.29. The van der Waals surface area contributed by atoms with Crippen LogP contribution in [0.1, 0.15) is 27.2 Å². The highest BCUT2D eigenvalue weighted by Gasteiger charge is 2.09. The Morgan fingerprint density at radius 1 is 0.812 bits per heavy atom. The summed E-state index contributed by atoms with van der Waals surface area (Å²) in [5.74, 6) is 0.987. The molecule has 6 nitrogen and oxygen atoms in total. The van der Waals surface area contributed by atoms with Gasteiger partial charge in [-0.25, -0.2) is 5.43 Å². The van der Waals surface area contributed by atoms with Gasteiger partial charge in [0.2, 0.25) is 0 Å². The lowest BCUT2D eigenvalue weighted by atomic mass is 10.2. The summed E-state index contributed by atoms with van der Waals surface area (Å²) in [6, 6.07) is 28.5. The second-order valence-electron chi connectivity index (χ2n) is 6.93. The molecule has 0 aliphatic heterocycles. The summed E-state index contributed by atoms with van der Waals surface area (Å²) in [4.78, 5) is 11.9. The van der Waals surface area contributed by atoms with Crippen molar-refractivity contribution in [3.63, 3.8) is 0 Å². The quantitative estimate of drug-likeness (QED) is 0.295. The Kier molecular flexibility index (Phi) is 6.95. The fraction of sp³-hybridized carbons (Fsp3) is 0.0769. The Hall–Kier alpha value is -4.32. The molecule has 160 valence electrons. The molecule has 0 aliphatic carbocycles. The zero-order chi connectivity index (χ0) is 22.0. The molecule has 32 heavy (non-hydrogen) atoms. The molecule has 1 N–H and O–H groups in total. The minimum Gasteiger partial charge on any atom is -0.485 e. The van der Waals surface area contributed by atoms with E-state index in [1.165, 1.54) is 12.5 Å². The second kappa shape index (κ2) is 10.6. The van der Waals surface area contributed by atoms with Crippen LogP contribution in [0.2, 0.25) is 0 Å². The SMILES string of the molecule is O=C(N/N=C\c1ccc(OCc2ccccc2)c(OCc2ccccc2)c1)c1ccco1. The van der Waals surface area contributed by atoms with E-state index in [2.05, 4.69) is 10.5 Å². The van der Waals surface area contributed by atoms with Gasteiger partial charge in [-0.2, -0.15) is 5.10 Å². The van der Waals surface area contributed by atoms with E-state index in [9.17, 15) is 4.79 Å². The first-order valence-electron chi connectivity index (χ1n) is 10.1. The second-order valence-corrected chi connectivity index (χ2v) is 6.93. The highest BCUT2D eigenvalue weighted by molar-refractivity contribution is 5.92. The predicted octanol–water partition coefficient (Wildman–Crippen LogP) is 5.20. The molecular weight excluding hydrogens is 404 g/mol. The number of hydrogen-bond acceptors (Lipinski definition) is 5. The zero-order valence-corrected chi connectivity index (χ0v) is 17.3. The van der Waals surface area contributed by atoms with Crippen molar-refractivity contribution < 1.29 is 18.7 Å². The first-order valence-corrected chi connectivity index (χ1v) is 10.1. The number of hydrazone groups is 1. The Balaban J connectivity index is 1.47. The van der Waals surface area contributed by atoms with Crippen LogP contribution in [0, 0.1) is 0 Å². The van der Waals surface area contributed by atoms with Crippen LogP contribution in [-0.4, -0.2) is 12.1 Å². The minimum atomic E-state index is -0.422. The number of hydrogen-bond donors (Lipinski definition) is 1.